The predicted octanol–water partition coefficient (Wildman–Crippen LogP) is 8.69. The van der Waals surface area contributed by atoms with Crippen LogP contribution in [-0.2, 0) is 6.61 Å². The average Bonchev–Trinajstić information content (AvgIpc) is 3.06. The second kappa shape index (κ2) is 14.4. The van der Waals surface area contributed by atoms with E-state index >= 15 is 0 Å². The maximum atomic E-state index is 13.9. The number of nitrogens with zero attached hydrogens (tertiary/aromatic N) is 4. The molecule has 0 N–H and O–H groups in total. The van der Waals surface area contributed by atoms with Gasteiger partial charge in [-0.25, -0.2) is 4.98 Å². The Balaban J connectivity index is 1.60. The first-order valence-electron chi connectivity index (χ1n) is 14.8. The summed E-state index contributed by atoms with van der Waals surface area (Å²) in [6, 6.07) is 18.9. The van der Waals surface area contributed by atoms with Gasteiger partial charge in [-0.3, -0.25) is 14.9 Å². The summed E-state index contributed by atoms with van der Waals surface area (Å²) >= 11 is 10.4. The van der Waals surface area contributed by atoms with Crippen molar-refractivity contribution in [2.45, 2.75) is 40.2 Å². The fourth-order valence-electron chi connectivity index (χ4n) is 5.06. The lowest BCUT2D eigenvalue weighted by Crippen LogP contribution is -2.21. The first kappa shape index (κ1) is 33.6. The van der Waals surface area contributed by atoms with Crippen LogP contribution in [0.1, 0.15) is 48.9 Å². The molecule has 0 spiro atoms. The predicted molar refractivity (Wildman–Crippen MR) is 188 cm³/mol. The number of aryl methyl sites for hydroxylation is 1. The van der Waals surface area contributed by atoms with Crippen LogP contribution < -0.4 is 19.8 Å². The number of nitro groups is 1. The standard InChI is InChI=1S/C35H32BrClN4O6/c1-6-46-30-16-23(31(36)32(37)33(30)47-19-22-11-13-24(14-12-22)41(43)44)18-38-40-34(39-28-10-8-7-9-25(28)35(40)42)27-17-26(20(2)3)29(45-5)15-21(27)4/h7-18,20H,6,19H2,1-5H3. The second-order valence-electron chi connectivity index (χ2n) is 10.9. The third-order valence-corrected chi connectivity index (χ3v) is 8.94. The first-order chi connectivity index (χ1) is 22.5. The first-order valence-corrected chi connectivity index (χ1v) is 16.0. The summed E-state index contributed by atoms with van der Waals surface area (Å²) in [5, 5.41) is 16.3. The minimum Gasteiger partial charge on any atom is -0.496 e. The van der Waals surface area contributed by atoms with Crippen LogP contribution >= 0.6 is 27.5 Å². The van der Waals surface area contributed by atoms with Crippen LogP contribution in [0.2, 0.25) is 5.02 Å². The van der Waals surface area contributed by atoms with Crippen LogP contribution in [0.15, 0.2) is 81.1 Å². The molecule has 0 amide bonds. The zero-order chi connectivity index (χ0) is 33.8. The van der Waals surface area contributed by atoms with E-state index in [9.17, 15) is 14.9 Å². The molecule has 10 nitrogen and oxygen atoms in total. The van der Waals surface area contributed by atoms with Gasteiger partial charge in [-0.05, 0) is 94.9 Å². The van der Waals surface area contributed by atoms with Crippen molar-refractivity contribution in [1.29, 1.82) is 0 Å². The highest BCUT2D eigenvalue weighted by Gasteiger charge is 2.20. The van der Waals surface area contributed by atoms with Crippen LogP contribution in [0.5, 0.6) is 17.2 Å². The Morgan fingerprint density at radius 1 is 1.09 bits per heavy atom. The molecule has 4 aromatic carbocycles. The van der Waals surface area contributed by atoms with Crippen LogP contribution in [0.4, 0.5) is 5.69 Å². The zero-order valence-corrected chi connectivity index (χ0v) is 28.8. The number of hydrogen-bond donors (Lipinski definition) is 0. The van der Waals surface area contributed by atoms with Crippen LogP contribution in [0.3, 0.4) is 0 Å². The second-order valence-corrected chi connectivity index (χ2v) is 12.1. The lowest BCUT2D eigenvalue weighted by atomic mass is 9.96. The van der Waals surface area contributed by atoms with E-state index in [4.69, 9.17) is 30.8 Å². The maximum Gasteiger partial charge on any atom is 0.282 e. The number of para-hydroxylation sites is 1. The summed E-state index contributed by atoms with van der Waals surface area (Å²) < 4.78 is 19.3. The minimum absolute atomic E-state index is 0.0143. The van der Waals surface area contributed by atoms with E-state index < -0.39 is 4.92 Å². The summed E-state index contributed by atoms with van der Waals surface area (Å²) in [6.45, 7) is 8.35. The molecule has 0 aliphatic heterocycles. The Kier molecular flexibility index (Phi) is 10.3. The van der Waals surface area contributed by atoms with Gasteiger partial charge in [-0.15, -0.1) is 0 Å². The molecule has 0 atom stereocenters. The van der Waals surface area contributed by atoms with Crippen molar-refractivity contribution in [2.24, 2.45) is 5.10 Å². The van der Waals surface area contributed by atoms with Gasteiger partial charge in [0, 0.05) is 27.7 Å². The van der Waals surface area contributed by atoms with E-state index in [1.165, 1.54) is 23.0 Å². The largest absolute Gasteiger partial charge is 0.496 e. The fraction of sp³-hybridized carbons (Fsp3) is 0.229. The Morgan fingerprint density at radius 3 is 2.47 bits per heavy atom. The van der Waals surface area contributed by atoms with E-state index in [0.29, 0.717) is 44.7 Å². The molecular formula is C35H32BrClN4O6. The van der Waals surface area contributed by atoms with Crippen molar-refractivity contribution >= 4 is 50.3 Å². The Morgan fingerprint density at radius 2 is 1.81 bits per heavy atom. The Bertz CT molecular complexity index is 2060. The highest BCUT2D eigenvalue weighted by Crippen LogP contribution is 2.43. The molecule has 1 aromatic heterocycles. The molecule has 0 bridgehead atoms. The van der Waals surface area contributed by atoms with Gasteiger partial charge in [-0.1, -0.05) is 37.6 Å². The molecular weight excluding hydrogens is 688 g/mol. The molecule has 5 aromatic rings. The minimum atomic E-state index is -0.460. The lowest BCUT2D eigenvalue weighted by Gasteiger charge is -2.18. The fourth-order valence-corrected chi connectivity index (χ4v) is 5.71. The molecule has 12 heteroatoms. The molecule has 0 saturated carbocycles. The van der Waals surface area contributed by atoms with E-state index in [1.807, 2.05) is 32.0 Å². The number of methoxy groups -OCH3 is 1. The van der Waals surface area contributed by atoms with Gasteiger partial charge >= 0.3 is 0 Å². The smallest absolute Gasteiger partial charge is 0.282 e. The Labute approximate surface area is 284 Å². The van der Waals surface area contributed by atoms with Crippen molar-refractivity contribution in [3.63, 3.8) is 0 Å². The van der Waals surface area contributed by atoms with Crippen molar-refractivity contribution in [2.75, 3.05) is 13.7 Å². The third-order valence-electron chi connectivity index (χ3n) is 7.49. The van der Waals surface area contributed by atoms with Gasteiger partial charge in [0.2, 0.25) is 0 Å². The molecule has 0 unspecified atom stereocenters. The number of ether oxygens (including phenoxy) is 3. The van der Waals surface area contributed by atoms with Gasteiger partial charge in [0.25, 0.3) is 11.2 Å². The van der Waals surface area contributed by atoms with E-state index in [2.05, 4.69) is 34.9 Å². The highest BCUT2D eigenvalue weighted by molar-refractivity contribution is 9.10. The number of hydrogen-bond acceptors (Lipinski definition) is 8. The molecule has 47 heavy (non-hydrogen) atoms. The van der Waals surface area contributed by atoms with Crippen molar-refractivity contribution in [1.82, 2.24) is 9.66 Å². The normalized spacial score (nSPS) is 11.4. The van der Waals surface area contributed by atoms with Gasteiger partial charge in [0.05, 0.1) is 35.8 Å². The molecule has 242 valence electrons. The van der Waals surface area contributed by atoms with Crippen LogP contribution in [-0.4, -0.2) is 34.5 Å². The summed E-state index contributed by atoms with van der Waals surface area (Å²) in [6.07, 6.45) is 1.52. The summed E-state index contributed by atoms with van der Waals surface area (Å²) in [4.78, 5) is 29.4. The molecule has 0 fully saturated rings. The van der Waals surface area contributed by atoms with Gasteiger partial charge in [-0.2, -0.15) is 9.78 Å². The lowest BCUT2D eigenvalue weighted by molar-refractivity contribution is -0.384. The number of nitro benzene ring substituents is 1. The number of non-ortho nitro benzene ring substituents is 1. The maximum absolute atomic E-state index is 13.9. The quantitative estimate of drug-likeness (QED) is 0.0762. The Hall–Kier alpha value is -4.74. The number of rotatable bonds is 11. The molecule has 0 aliphatic rings. The molecule has 5 rings (SSSR count). The number of fused-ring (bicyclic) bond motifs is 1. The number of aromatic nitrogens is 2. The van der Waals surface area contributed by atoms with Crippen molar-refractivity contribution in [3.05, 3.63) is 119 Å². The molecule has 0 aliphatic carbocycles. The summed E-state index contributed by atoms with van der Waals surface area (Å²) in [7, 11) is 1.64. The molecule has 1 heterocycles. The summed E-state index contributed by atoms with van der Waals surface area (Å²) in [5.74, 6) is 1.95. The van der Waals surface area contributed by atoms with Crippen molar-refractivity contribution < 1.29 is 19.1 Å². The highest BCUT2D eigenvalue weighted by atomic mass is 79.9. The summed E-state index contributed by atoms with van der Waals surface area (Å²) in [5.41, 5.74) is 4.04. The topological polar surface area (TPSA) is 118 Å². The number of benzene rings is 4. The van der Waals surface area contributed by atoms with E-state index in [-0.39, 0.29) is 34.5 Å². The van der Waals surface area contributed by atoms with Gasteiger partial charge in [0.1, 0.15) is 17.4 Å². The van der Waals surface area contributed by atoms with E-state index in [1.54, 1.807) is 43.5 Å². The molecule has 0 radical (unpaired) electrons. The molecule has 0 saturated heterocycles. The third kappa shape index (κ3) is 7.01. The van der Waals surface area contributed by atoms with Gasteiger partial charge < -0.3 is 14.2 Å². The average molecular weight is 720 g/mol. The number of halogens is 2. The van der Waals surface area contributed by atoms with Crippen molar-refractivity contribution in [3.8, 4) is 28.6 Å². The zero-order valence-electron chi connectivity index (χ0n) is 26.4. The van der Waals surface area contributed by atoms with Gasteiger partial charge in [0.15, 0.2) is 17.3 Å². The monoisotopic (exact) mass is 718 g/mol. The van der Waals surface area contributed by atoms with Crippen LogP contribution in [0.25, 0.3) is 22.3 Å². The van der Waals surface area contributed by atoms with E-state index in [0.717, 1.165) is 22.4 Å². The van der Waals surface area contributed by atoms with Crippen LogP contribution in [0, 0.1) is 17.0 Å². The SMILES string of the molecule is CCOc1cc(C=Nn2c(-c3cc(C(C)C)c(OC)cc3C)nc3ccccc3c2=O)c(Br)c(Cl)c1OCc1ccc([N+](=O)[O-])cc1.